The zero-order chi connectivity index (χ0) is 13.1. The molecule has 0 aromatic carbocycles. The molecule has 1 aliphatic rings. The van der Waals surface area contributed by atoms with Crippen molar-refractivity contribution in [1.82, 2.24) is 15.5 Å². The van der Waals surface area contributed by atoms with Crippen molar-refractivity contribution in [2.24, 2.45) is 0 Å². The number of carbonyl (C=O) groups excluding carboxylic acids is 1. The first kappa shape index (κ1) is 13.0. The lowest BCUT2D eigenvalue weighted by Gasteiger charge is -2.24. The van der Waals surface area contributed by atoms with E-state index in [2.05, 4.69) is 15.5 Å². The molecule has 1 N–H and O–H groups in total. The second-order valence-corrected chi connectivity index (χ2v) is 4.28. The highest BCUT2D eigenvalue weighted by Gasteiger charge is 2.34. The van der Waals surface area contributed by atoms with E-state index in [9.17, 15) is 4.79 Å². The van der Waals surface area contributed by atoms with Gasteiger partial charge in [-0.05, 0) is 19.1 Å². The highest BCUT2D eigenvalue weighted by molar-refractivity contribution is 5.96. The number of rotatable bonds is 3. The monoisotopic (exact) mass is 254 g/mol. The summed E-state index contributed by atoms with van der Waals surface area (Å²) in [4.78, 5) is 18.1. The highest BCUT2D eigenvalue weighted by Crippen LogP contribution is 2.17. The normalized spacial score (nSPS) is 25.3. The topological polar surface area (TPSA) is 80.5 Å². The summed E-state index contributed by atoms with van der Waals surface area (Å²) in [5.74, 6) is 0.747. The Morgan fingerprint density at radius 1 is 1.50 bits per heavy atom. The average Bonchev–Trinajstić information content (AvgIpc) is 2.78. The molecule has 0 radical (unpaired) electrons. The van der Waals surface area contributed by atoms with Crippen molar-refractivity contribution in [2.45, 2.75) is 32.4 Å². The summed E-state index contributed by atoms with van der Waals surface area (Å²) in [5.41, 5.74) is 0. The van der Waals surface area contributed by atoms with Crippen LogP contribution in [0.15, 0.2) is 4.52 Å². The maximum absolute atomic E-state index is 12.3. The standard InChI is InChI=1S/C11H18N4O3/c1-4-9-13-11(14-18-9)15-7(2)5-17-6-8(12-3)10(15)16/h7-8,12H,4-6H2,1-3H3. The van der Waals surface area contributed by atoms with Gasteiger partial charge in [-0.2, -0.15) is 4.98 Å². The second-order valence-electron chi connectivity index (χ2n) is 4.28. The number of nitrogens with zero attached hydrogens (tertiary/aromatic N) is 3. The number of hydrogen-bond acceptors (Lipinski definition) is 6. The Morgan fingerprint density at radius 2 is 2.28 bits per heavy atom. The van der Waals surface area contributed by atoms with Gasteiger partial charge < -0.3 is 14.6 Å². The van der Waals surface area contributed by atoms with Crippen molar-refractivity contribution in [2.75, 3.05) is 25.2 Å². The van der Waals surface area contributed by atoms with E-state index in [1.165, 1.54) is 4.90 Å². The van der Waals surface area contributed by atoms with Crippen LogP contribution in [0.4, 0.5) is 5.95 Å². The molecule has 7 nitrogen and oxygen atoms in total. The van der Waals surface area contributed by atoms with Crippen molar-refractivity contribution in [1.29, 1.82) is 0 Å². The van der Waals surface area contributed by atoms with Crippen LogP contribution in [0.25, 0.3) is 0 Å². The fraction of sp³-hybridized carbons (Fsp3) is 0.727. The van der Waals surface area contributed by atoms with Gasteiger partial charge in [0.25, 0.3) is 5.95 Å². The number of ether oxygens (including phenoxy) is 1. The zero-order valence-electron chi connectivity index (χ0n) is 10.8. The van der Waals surface area contributed by atoms with Gasteiger partial charge in [-0.25, -0.2) is 0 Å². The molecule has 18 heavy (non-hydrogen) atoms. The molecule has 0 aliphatic carbocycles. The highest BCUT2D eigenvalue weighted by atomic mass is 16.5. The minimum absolute atomic E-state index is 0.0917. The number of nitrogens with one attached hydrogen (secondary N) is 1. The first-order valence-corrected chi connectivity index (χ1v) is 6.08. The summed E-state index contributed by atoms with van der Waals surface area (Å²) < 4.78 is 10.5. The Hall–Kier alpha value is -1.47. The number of anilines is 1. The van der Waals surface area contributed by atoms with E-state index < -0.39 is 0 Å². The molecular formula is C11H18N4O3. The molecule has 1 aromatic rings. The molecule has 0 saturated carbocycles. The summed E-state index contributed by atoms with van der Waals surface area (Å²) in [7, 11) is 1.73. The Balaban J connectivity index is 2.28. The Bertz CT molecular complexity index is 420. The van der Waals surface area contributed by atoms with E-state index >= 15 is 0 Å². The van der Waals surface area contributed by atoms with Crippen molar-refractivity contribution >= 4 is 11.9 Å². The van der Waals surface area contributed by atoms with Gasteiger partial charge in [-0.3, -0.25) is 9.69 Å². The van der Waals surface area contributed by atoms with Crippen LogP contribution in [-0.4, -0.2) is 48.4 Å². The third kappa shape index (κ3) is 2.37. The summed E-state index contributed by atoms with van der Waals surface area (Å²) in [6.45, 7) is 4.64. The maximum atomic E-state index is 12.3. The van der Waals surface area contributed by atoms with Gasteiger partial charge in [0.2, 0.25) is 11.8 Å². The molecule has 100 valence electrons. The Morgan fingerprint density at radius 3 is 2.89 bits per heavy atom. The van der Waals surface area contributed by atoms with Gasteiger partial charge in [0.05, 0.1) is 19.3 Å². The molecule has 1 saturated heterocycles. The molecule has 1 aromatic heterocycles. The number of carbonyl (C=O) groups is 1. The first-order valence-electron chi connectivity index (χ1n) is 6.08. The van der Waals surface area contributed by atoms with Crippen molar-refractivity contribution in [3.05, 3.63) is 5.89 Å². The van der Waals surface area contributed by atoms with E-state index in [1.807, 2.05) is 13.8 Å². The van der Waals surface area contributed by atoms with Gasteiger partial charge >= 0.3 is 0 Å². The van der Waals surface area contributed by atoms with Gasteiger partial charge in [0.1, 0.15) is 6.04 Å². The van der Waals surface area contributed by atoms with Crippen molar-refractivity contribution in [3.63, 3.8) is 0 Å². The second kappa shape index (κ2) is 5.45. The lowest BCUT2D eigenvalue weighted by Crippen LogP contribution is -2.49. The predicted octanol–water partition coefficient (Wildman–Crippen LogP) is -0.0283. The summed E-state index contributed by atoms with van der Waals surface area (Å²) in [6, 6.07) is -0.489. The van der Waals surface area contributed by atoms with E-state index in [4.69, 9.17) is 9.26 Å². The van der Waals surface area contributed by atoms with Crippen molar-refractivity contribution < 1.29 is 14.1 Å². The molecule has 2 rings (SSSR count). The molecule has 1 aliphatic heterocycles. The van der Waals surface area contributed by atoms with E-state index in [0.29, 0.717) is 31.5 Å². The van der Waals surface area contributed by atoms with E-state index in [0.717, 1.165) is 0 Å². The fourth-order valence-electron chi connectivity index (χ4n) is 1.88. The van der Waals surface area contributed by atoms with Gasteiger partial charge in [0, 0.05) is 6.42 Å². The Labute approximate surface area is 105 Å². The van der Waals surface area contributed by atoms with Crippen LogP contribution < -0.4 is 10.2 Å². The van der Waals surface area contributed by atoms with Gasteiger partial charge in [-0.15, -0.1) is 0 Å². The molecule has 7 heteroatoms. The van der Waals surface area contributed by atoms with Crippen LogP contribution >= 0.6 is 0 Å². The quantitative estimate of drug-likeness (QED) is 0.816. The number of hydrogen-bond donors (Lipinski definition) is 1. The summed E-state index contributed by atoms with van der Waals surface area (Å²) >= 11 is 0. The molecule has 2 heterocycles. The lowest BCUT2D eigenvalue weighted by atomic mass is 10.2. The smallest absolute Gasteiger partial charge is 0.273 e. The summed E-state index contributed by atoms with van der Waals surface area (Å²) in [6.07, 6.45) is 0.648. The molecule has 1 fully saturated rings. The molecule has 0 bridgehead atoms. The molecule has 2 atom stereocenters. The first-order chi connectivity index (χ1) is 8.67. The number of aromatic nitrogens is 2. The molecule has 0 spiro atoms. The van der Waals surface area contributed by atoms with Crippen molar-refractivity contribution in [3.8, 4) is 0 Å². The average molecular weight is 254 g/mol. The lowest BCUT2D eigenvalue weighted by molar-refractivity contribution is -0.121. The number of likely N-dealkylation sites (N-methyl/N-ethyl adjacent to an activating group) is 1. The molecule has 2 unspecified atom stereocenters. The number of aryl methyl sites for hydroxylation is 1. The minimum Gasteiger partial charge on any atom is -0.377 e. The SMILES string of the molecule is CCc1nc(N2C(=O)C(NC)COCC2C)no1. The van der Waals surface area contributed by atoms with Crippen LogP contribution in [-0.2, 0) is 16.0 Å². The largest absolute Gasteiger partial charge is 0.377 e. The van der Waals surface area contributed by atoms with Gasteiger partial charge in [0.15, 0.2) is 0 Å². The van der Waals surface area contributed by atoms with E-state index in [-0.39, 0.29) is 18.0 Å². The molecule has 1 amide bonds. The van der Waals surface area contributed by atoms with Crippen LogP contribution in [0.2, 0.25) is 0 Å². The van der Waals surface area contributed by atoms with Crippen LogP contribution in [0.5, 0.6) is 0 Å². The van der Waals surface area contributed by atoms with E-state index in [1.54, 1.807) is 7.05 Å². The summed E-state index contributed by atoms with van der Waals surface area (Å²) in [5, 5.41) is 6.79. The predicted molar refractivity (Wildman–Crippen MR) is 64.3 cm³/mol. The molecular weight excluding hydrogens is 236 g/mol. The third-order valence-corrected chi connectivity index (χ3v) is 2.94. The maximum Gasteiger partial charge on any atom is 0.273 e. The zero-order valence-corrected chi connectivity index (χ0v) is 10.8. The fourth-order valence-corrected chi connectivity index (χ4v) is 1.88. The third-order valence-electron chi connectivity index (χ3n) is 2.94. The number of amides is 1. The van der Waals surface area contributed by atoms with Crippen LogP contribution in [0, 0.1) is 0 Å². The van der Waals surface area contributed by atoms with Crippen LogP contribution in [0.1, 0.15) is 19.7 Å². The van der Waals surface area contributed by atoms with Crippen LogP contribution in [0.3, 0.4) is 0 Å². The Kier molecular flexibility index (Phi) is 3.93. The minimum atomic E-state index is -0.376. The van der Waals surface area contributed by atoms with Gasteiger partial charge in [-0.1, -0.05) is 6.92 Å².